The lowest BCUT2D eigenvalue weighted by atomic mass is 10.0. The van der Waals surface area contributed by atoms with Gasteiger partial charge in [-0.15, -0.1) is 0 Å². The molecular weight excluding hydrogens is 907 g/mol. The van der Waals surface area contributed by atoms with Crippen LogP contribution in [0.5, 0.6) is 0 Å². The van der Waals surface area contributed by atoms with E-state index < -0.39 is 0 Å². The summed E-state index contributed by atoms with van der Waals surface area (Å²) in [6, 6.07) is 78.4. The summed E-state index contributed by atoms with van der Waals surface area (Å²) in [6.07, 6.45) is 0. The van der Waals surface area contributed by atoms with Gasteiger partial charge in [-0.05, 0) is 163 Å². The maximum atomic E-state index is 10.7. The maximum Gasteiger partial charge on any atom is 0.156 e. The minimum absolute atomic E-state index is 0.471. The zero-order chi connectivity index (χ0) is 49.2. The largest absolute Gasteiger partial charge is 0.455 e. The molecule has 0 saturated carbocycles. The molecule has 7 nitrogen and oxygen atoms in total. The molecule has 0 bridgehead atoms. The number of benzene rings is 11. The lowest BCUT2D eigenvalue weighted by molar-refractivity contribution is 0.662. The number of fused-ring (bicyclic) bond motifs is 15. The molecule has 0 N–H and O–H groups in total. The van der Waals surface area contributed by atoms with Crippen LogP contribution in [0.15, 0.2) is 221 Å². The van der Waals surface area contributed by atoms with E-state index in [0.29, 0.717) is 22.3 Å². The molecule has 74 heavy (non-hydrogen) atoms. The molecule has 0 aliphatic rings. The normalized spacial score (nSPS) is 12.0. The van der Waals surface area contributed by atoms with Crippen LogP contribution in [0.25, 0.3) is 109 Å². The topological polar surface area (TPSA) is 66.4 Å². The highest BCUT2D eigenvalue weighted by molar-refractivity contribution is 6.25. The first-order valence-electron chi connectivity index (χ1n) is 25.4. The van der Waals surface area contributed by atoms with Gasteiger partial charge in [-0.2, -0.15) is 5.26 Å². The van der Waals surface area contributed by atoms with Crippen molar-refractivity contribution in [3.63, 3.8) is 0 Å². The molecule has 0 atom stereocenters. The molecule has 350 valence electrons. The number of para-hydroxylation sites is 4. The van der Waals surface area contributed by atoms with Crippen molar-refractivity contribution in [1.82, 2.24) is 9.13 Å². The predicted octanol–water partition coefficient (Wildman–Crippen LogP) is 18.9. The number of rotatable bonds is 8. The van der Waals surface area contributed by atoms with Crippen molar-refractivity contribution in [3.8, 4) is 6.07 Å². The van der Waals surface area contributed by atoms with E-state index in [2.05, 4.69) is 245 Å². The summed E-state index contributed by atoms with van der Waals surface area (Å²) in [4.78, 5) is 4.66. The summed E-state index contributed by atoms with van der Waals surface area (Å²) < 4.78 is 18.4. The molecule has 0 saturated heterocycles. The molecule has 0 aliphatic heterocycles. The van der Waals surface area contributed by atoms with Gasteiger partial charge in [-0.25, -0.2) is 0 Å². The zero-order valence-corrected chi connectivity index (χ0v) is 40.7. The fourth-order valence-electron chi connectivity index (χ4n) is 12.1. The summed E-state index contributed by atoms with van der Waals surface area (Å²) >= 11 is 0. The SMILES string of the molecule is CCn1c2ccccc2c2cc(N(c3ccccc3)c3ccc4cc5c(cc4c3)oc3c5cc(C#N)c4oc5cc6cc(N(c7ccccc7)c7ccc8c(c7)c7ccccc7n8CC)ccc6cc5c43)ccc21. The van der Waals surface area contributed by atoms with Crippen molar-refractivity contribution in [2.45, 2.75) is 26.9 Å². The highest BCUT2D eigenvalue weighted by Gasteiger charge is 2.23. The van der Waals surface area contributed by atoms with Gasteiger partial charge in [0.15, 0.2) is 5.58 Å². The van der Waals surface area contributed by atoms with Gasteiger partial charge >= 0.3 is 0 Å². The predicted molar refractivity (Wildman–Crippen MR) is 307 cm³/mol. The van der Waals surface area contributed by atoms with Gasteiger partial charge in [-0.1, -0.05) is 84.9 Å². The average Bonchev–Trinajstić information content (AvgIpc) is 4.19. The van der Waals surface area contributed by atoms with Crippen molar-refractivity contribution < 1.29 is 8.83 Å². The second-order valence-electron chi connectivity index (χ2n) is 19.3. The quantitative estimate of drug-likeness (QED) is 0.152. The first kappa shape index (κ1) is 42.0. The highest BCUT2D eigenvalue weighted by Crippen LogP contribution is 2.46. The molecule has 4 aromatic heterocycles. The van der Waals surface area contributed by atoms with E-state index in [4.69, 9.17) is 8.83 Å². The van der Waals surface area contributed by atoms with Crippen LogP contribution in [0.2, 0.25) is 0 Å². The zero-order valence-electron chi connectivity index (χ0n) is 40.7. The Bertz CT molecular complexity index is 4840. The molecular formula is C67H45N5O2. The molecule has 0 aliphatic carbocycles. The van der Waals surface area contributed by atoms with Gasteiger partial charge < -0.3 is 27.8 Å². The number of aryl methyl sites for hydroxylation is 2. The van der Waals surface area contributed by atoms with Crippen LogP contribution in [0, 0.1) is 11.3 Å². The molecule has 0 spiro atoms. The second kappa shape index (κ2) is 16.1. The highest BCUT2D eigenvalue weighted by atomic mass is 16.3. The number of nitriles is 1. The minimum Gasteiger partial charge on any atom is -0.455 e. The van der Waals surface area contributed by atoms with E-state index in [0.717, 1.165) is 95.9 Å². The smallest absolute Gasteiger partial charge is 0.156 e. The molecule has 0 unspecified atom stereocenters. The van der Waals surface area contributed by atoms with Crippen molar-refractivity contribution in [2.24, 2.45) is 0 Å². The van der Waals surface area contributed by atoms with E-state index in [1.54, 1.807) is 0 Å². The molecule has 11 aromatic carbocycles. The van der Waals surface area contributed by atoms with Crippen LogP contribution < -0.4 is 9.80 Å². The van der Waals surface area contributed by atoms with Crippen LogP contribution in [0.1, 0.15) is 19.4 Å². The first-order valence-corrected chi connectivity index (χ1v) is 25.4. The molecule has 15 rings (SSSR count). The molecule has 7 heteroatoms. The molecule has 0 radical (unpaired) electrons. The Hall–Kier alpha value is -9.77. The standard InChI is InChI=1S/C67H45N5O2/c1-3-69-59-21-13-11-19-52(59)54-38-50(27-29-61(54)69)71(46-15-7-5-8-16-46)48-25-23-41-33-56-57-35-45(40-68)66-65(67(57)74-63(56)36-43(41)31-48)58-34-42-24-26-49(32-44(42)37-64(58)73-66)72(47-17-9-6-10-18-47)51-28-30-62-55(39-51)53-20-12-14-22-60(53)70(62)4-2/h5-39H,3-4H2,1-2H3. The van der Waals surface area contributed by atoms with Gasteiger partial charge in [0.1, 0.15) is 22.8 Å². The Kier molecular flexibility index (Phi) is 9.14. The van der Waals surface area contributed by atoms with Crippen LogP contribution >= 0.6 is 0 Å². The fourth-order valence-corrected chi connectivity index (χ4v) is 12.1. The third-order valence-electron chi connectivity index (χ3n) is 15.4. The molecule has 15 aromatic rings. The van der Waals surface area contributed by atoms with Gasteiger partial charge in [0.25, 0.3) is 0 Å². The average molecular weight is 952 g/mol. The fraction of sp³-hybridized carbons (Fsp3) is 0.0597. The Morgan fingerprint density at radius 3 is 1.34 bits per heavy atom. The number of nitrogens with zero attached hydrogens (tertiary/aromatic N) is 5. The van der Waals surface area contributed by atoms with Crippen LogP contribution in [0.3, 0.4) is 0 Å². The minimum atomic E-state index is 0.471. The Morgan fingerprint density at radius 2 is 0.811 bits per heavy atom. The van der Waals surface area contributed by atoms with Crippen LogP contribution in [-0.4, -0.2) is 9.13 Å². The number of hydrogen-bond acceptors (Lipinski definition) is 5. The number of aromatic nitrogens is 2. The third-order valence-corrected chi connectivity index (χ3v) is 15.4. The summed E-state index contributed by atoms with van der Waals surface area (Å²) in [5, 5.41) is 23.4. The molecule has 0 amide bonds. The summed E-state index contributed by atoms with van der Waals surface area (Å²) in [5.74, 6) is 0. The van der Waals surface area contributed by atoms with Crippen LogP contribution in [0.4, 0.5) is 34.1 Å². The van der Waals surface area contributed by atoms with E-state index in [-0.39, 0.29) is 0 Å². The van der Waals surface area contributed by atoms with E-state index in [9.17, 15) is 5.26 Å². The number of hydrogen-bond donors (Lipinski definition) is 0. The second-order valence-corrected chi connectivity index (χ2v) is 19.3. The maximum absolute atomic E-state index is 10.7. The van der Waals surface area contributed by atoms with E-state index in [1.807, 2.05) is 6.07 Å². The van der Waals surface area contributed by atoms with Gasteiger partial charge in [0.05, 0.1) is 10.9 Å². The van der Waals surface area contributed by atoms with Gasteiger partial charge in [-0.3, -0.25) is 0 Å². The first-order chi connectivity index (χ1) is 36.5. The van der Waals surface area contributed by atoms with Crippen LogP contribution in [-0.2, 0) is 13.1 Å². The number of anilines is 6. The Morgan fingerprint density at radius 1 is 0.365 bits per heavy atom. The Labute approximate surface area is 425 Å². The molecule has 0 fully saturated rings. The van der Waals surface area contributed by atoms with E-state index in [1.165, 1.54) is 43.6 Å². The lowest BCUT2D eigenvalue weighted by Crippen LogP contribution is -2.09. The van der Waals surface area contributed by atoms with Crippen molar-refractivity contribution in [2.75, 3.05) is 9.80 Å². The van der Waals surface area contributed by atoms with E-state index >= 15 is 0 Å². The summed E-state index contributed by atoms with van der Waals surface area (Å²) in [6.45, 7) is 6.20. The summed E-state index contributed by atoms with van der Waals surface area (Å²) in [5.41, 5.74) is 14.4. The van der Waals surface area contributed by atoms with Crippen molar-refractivity contribution >= 4 is 143 Å². The summed E-state index contributed by atoms with van der Waals surface area (Å²) in [7, 11) is 0. The number of furan rings is 2. The lowest BCUT2D eigenvalue weighted by Gasteiger charge is -2.26. The monoisotopic (exact) mass is 951 g/mol. The Balaban J connectivity index is 0.861. The molecule has 4 heterocycles. The van der Waals surface area contributed by atoms with Crippen molar-refractivity contribution in [3.05, 3.63) is 218 Å². The van der Waals surface area contributed by atoms with Gasteiger partial charge in [0.2, 0.25) is 0 Å². The van der Waals surface area contributed by atoms with Gasteiger partial charge in [0, 0.05) is 107 Å². The van der Waals surface area contributed by atoms with Crippen molar-refractivity contribution in [1.29, 1.82) is 5.26 Å². The third kappa shape index (κ3) is 6.18.